The van der Waals surface area contributed by atoms with E-state index in [1.165, 1.54) is 16.2 Å². The summed E-state index contributed by atoms with van der Waals surface area (Å²) in [6, 6.07) is 0. The van der Waals surface area contributed by atoms with Crippen LogP contribution in [0.2, 0.25) is 0 Å². The number of amides is 2. The Labute approximate surface area is 129 Å². The Kier molecular flexibility index (Phi) is 5.60. The van der Waals surface area contributed by atoms with E-state index in [1.807, 2.05) is 11.9 Å². The lowest BCUT2D eigenvalue weighted by Gasteiger charge is -2.19. The monoisotopic (exact) mass is 312 g/mol. The Bertz CT molecular complexity index is 537. The quantitative estimate of drug-likeness (QED) is 0.834. The summed E-state index contributed by atoms with van der Waals surface area (Å²) >= 11 is 1.22. The van der Waals surface area contributed by atoms with Crippen LogP contribution in [0.1, 0.15) is 40.3 Å². The number of carbonyl (C=O) groups is 2. The summed E-state index contributed by atoms with van der Waals surface area (Å²) in [5.74, 6) is -0.277. The molecule has 0 aliphatic heterocycles. The van der Waals surface area contributed by atoms with Crippen LogP contribution < -0.4 is 16.4 Å². The molecular formula is C14H24N4O2S. The first-order chi connectivity index (χ1) is 9.66. The van der Waals surface area contributed by atoms with E-state index < -0.39 is 5.91 Å². The largest absolute Gasteiger partial charge is 0.397 e. The molecule has 0 aromatic carbocycles. The van der Waals surface area contributed by atoms with E-state index in [1.54, 1.807) is 14.1 Å². The highest BCUT2D eigenvalue weighted by molar-refractivity contribution is 7.19. The van der Waals surface area contributed by atoms with E-state index >= 15 is 0 Å². The van der Waals surface area contributed by atoms with Crippen LogP contribution in [0.15, 0.2) is 0 Å². The van der Waals surface area contributed by atoms with Crippen molar-refractivity contribution in [3.05, 3.63) is 10.4 Å². The Morgan fingerprint density at radius 2 is 1.81 bits per heavy atom. The minimum Gasteiger partial charge on any atom is -0.397 e. The second-order valence-electron chi connectivity index (χ2n) is 5.69. The number of nitrogens with two attached hydrogens (primary N) is 2. The molecule has 21 heavy (non-hydrogen) atoms. The van der Waals surface area contributed by atoms with Gasteiger partial charge in [0.05, 0.1) is 11.3 Å². The van der Waals surface area contributed by atoms with Gasteiger partial charge in [-0.1, -0.05) is 13.8 Å². The minimum atomic E-state index is -0.604. The molecule has 2 amide bonds. The second-order valence-corrected chi connectivity index (χ2v) is 6.69. The third kappa shape index (κ3) is 3.87. The van der Waals surface area contributed by atoms with Gasteiger partial charge in [0.1, 0.15) is 9.88 Å². The maximum Gasteiger partial charge on any atom is 0.265 e. The highest BCUT2D eigenvalue weighted by Gasteiger charge is 2.26. The summed E-state index contributed by atoms with van der Waals surface area (Å²) in [6.45, 7) is 5.03. The molecule has 0 bridgehead atoms. The van der Waals surface area contributed by atoms with E-state index in [0.29, 0.717) is 15.8 Å². The lowest BCUT2D eigenvalue weighted by molar-refractivity contribution is 0.0833. The maximum absolute atomic E-state index is 12.1. The van der Waals surface area contributed by atoms with Gasteiger partial charge in [-0.25, -0.2) is 0 Å². The first-order valence-electron chi connectivity index (χ1n) is 6.81. The van der Waals surface area contributed by atoms with Gasteiger partial charge in [0.25, 0.3) is 11.8 Å². The van der Waals surface area contributed by atoms with Gasteiger partial charge in [0.2, 0.25) is 0 Å². The van der Waals surface area contributed by atoms with Gasteiger partial charge in [0, 0.05) is 27.7 Å². The molecular weight excluding hydrogens is 288 g/mol. The lowest BCUT2D eigenvalue weighted by Crippen LogP contribution is -2.23. The fourth-order valence-corrected chi connectivity index (χ4v) is 3.09. The first kappa shape index (κ1) is 17.3. The van der Waals surface area contributed by atoms with Crippen LogP contribution in [-0.2, 0) is 0 Å². The summed E-state index contributed by atoms with van der Waals surface area (Å²) in [7, 11) is 5.17. The number of carbonyl (C=O) groups excluding carboxylic acids is 2. The molecule has 0 radical (unpaired) electrons. The van der Waals surface area contributed by atoms with Crippen molar-refractivity contribution in [2.75, 3.05) is 38.3 Å². The molecule has 0 aliphatic carbocycles. The van der Waals surface area contributed by atoms with E-state index in [2.05, 4.69) is 13.8 Å². The zero-order chi connectivity index (χ0) is 16.3. The van der Waals surface area contributed by atoms with Crippen molar-refractivity contribution in [2.24, 2.45) is 11.7 Å². The average molecular weight is 312 g/mol. The van der Waals surface area contributed by atoms with Crippen LogP contribution in [0, 0.1) is 5.92 Å². The molecule has 0 aliphatic rings. The van der Waals surface area contributed by atoms with Crippen LogP contribution >= 0.6 is 11.3 Å². The van der Waals surface area contributed by atoms with Crippen LogP contribution in [0.25, 0.3) is 0 Å². The van der Waals surface area contributed by atoms with Gasteiger partial charge < -0.3 is 21.3 Å². The zero-order valence-electron chi connectivity index (χ0n) is 13.3. The number of primary amides is 1. The van der Waals surface area contributed by atoms with E-state index in [-0.39, 0.29) is 17.2 Å². The number of hydrogen-bond acceptors (Lipinski definition) is 5. The van der Waals surface area contributed by atoms with Crippen molar-refractivity contribution >= 4 is 33.8 Å². The van der Waals surface area contributed by atoms with E-state index in [9.17, 15) is 9.59 Å². The third-order valence-electron chi connectivity index (χ3n) is 3.16. The lowest BCUT2D eigenvalue weighted by atomic mass is 10.1. The molecule has 0 unspecified atom stereocenters. The Hall–Kier alpha value is -1.76. The minimum absolute atomic E-state index is 0.178. The van der Waals surface area contributed by atoms with Gasteiger partial charge in [-0.15, -0.1) is 11.3 Å². The third-order valence-corrected chi connectivity index (χ3v) is 4.47. The normalized spacial score (nSPS) is 10.8. The molecule has 0 saturated carbocycles. The smallest absolute Gasteiger partial charge is 0.265 e. The van der Waals surface area contributed by atoms with Crippen molar-refractivity contribution in [1.29, 1.82) is 0 Å². The van der Waals surface area contributed by atoms with Crippen molar-refractivity contribution < 1.29 is 9.59 Å². The van der Waals surface area contributed by atoms with Crippen molar-refractivity contribution in [3.63, 3.8) is 0 Å². The molecule has 0 spiro atoms. The summed E-state index contributed by atoms with van der Waals surface area (Å²) in [6.07, 6.45) is 0.976. The molecule has 1 heterocycles. The number of hydrogen-bond donors (Lipinski definition) is 2. The number of nitrogens with zero attached hydrogens (tertiary/aromatic N) is 2. The van der Waals surface area contributed by atoms with Crippen LogP contribution in [0.3, 0.4) is 0 Å². The number of rotatable bonds is 6. The molecule has 1 aromatic rings. The zero-order valence-corrected chi connectivity index (χ0v) is 14.1. The van der Waals surface area contributed by atoms with Crippen molar-refractivity contribution in [3.8, 4) is 0 Å². The second kappa shape index (κ2) is 6.80. The van der Waals surface area contributed by atoms with Crippen LogP contribution in [0.4, 0.5) is 10.7 Å². The number of nitrogen functional groups attached to an aromatic ring is 1. The molecule has 0 saturated heterocycles. The van der Waals surface area contributed by atoms with Gasteiger partial charge in [-0.2, -0.15) is 0 Å². The van der Waals surface area contributed by atoms with Crippen LogP contribution in [-0.4, -0.2) is 44.4 Å². The molecule has 118 valence electrons. The van der Waals surface area contributed by atoms with Gasteiger partial charge in [0.15, 0.2) is 0 Å². The predicted octanol–water partition coefficient (Wildman–Crippen LogP) is 1.61. The van der Waals surface area contributed by atoms with E-state index in [0.717, 1.165) is 13.0 Å². The molecule has 0 atom stereocenters. The fourth-order valence-electron chi connectivity index (χ4n) is 1.85. The number of thiophene rings is 1. The van der Waals surface area contributed by atoms with Crippen molar-refractivity contribution in [2.45, 2.75) is 20.3 Å². The molecule has 4 N–H and O–H groups in total. The Balaban J connectivity index is 3.22. The highest BCUT2D eigenvalue weighted by atomic mass is 32.1. The van der Waals surface area contributed by atoms with Gasteiger partial charge in [-0.05, 0) is 12.3 Å². The first-order valence-corrected chi connectivity index (χ1v) is 7.63. The van der Waals surface area contributed by atoms with Gasteiger partial charge >= 0.3 is 0 Å². The summed E-state index contributed by atoms with van der Waals surface area (Å²) in [4.78, 5) is 27.6. The Morgan fingerprint density at radius 1 is 1.24 bits per heavy atom. The van der Waals surface area contributed by atoms with Crippen LogP contribution in [0.5, 0.6) is 0 Å². The molecule has 1 aromatic heterocycles. The maximum atomic E-state index is 12.1. The standard InChI is InChI=1S/C14H24N4O2S/c1-8(2)6-7-18(5)14-9(12(16)19)10(15)11(21-14)13(20)17(3)4/h8H,6-7,15H2,1-5H3,(H2,16,19). The molecule has 7 heteroatoms. The van der Waals surface area contributed by atoms with E-state index in [4.69, 9.17) is 11.5 Å². The molecule has 1 rings (SSSR count). The van der Waals surface area contributed by atoms with Crippen molar-refractivity contribution in [1.82, 2.24) is 4.90 Å². The molecule has 0 fully saturated rings. The topological polar surface area (TPSA) is 92.7 Å². The SMILES string of the molecule is CC(C)CCN(C)c1sc(C(=O)N(C)C)c(N)c1C(N)=O. The highest BCUT2D eigenvalue weighted by Crippen LogP contribution is 2.38. The fraction of sp³-hybridized carbons (Fsp3) is 0.571. The Morgan fingerprint density at radius 3 is 2.24 bits per heavy atom. The number of anilines is 2. The molecule has 6 nitrogen and oxygen atoms in total. The summed E-state index contributed by atoms with van der Waals surface area (Å²) in [5, 5.41) is 0.658. The summed E-state index contributed by atoms with van der Waals surface area (Å²) in [5.41, 5.74) is 11.8. The van der Waals surface area contributed by atoms with Gasteiger partial charge in [-0.3, -0.25) is 9.59 Å². The summed E-state index contributed by atoms with van der Waals surface area (Å²) < 4.78 is 0. The average Bonchev–Trinajstić information content (AvgIpc) is 2.72. The predicted molar refractivity (Wildman–Crippen MR) is 88.0 cm³/mol.